The van der Waals surface area contributed by atoms with Gasteiger partial charge in [-0.1, -0.05) is 73.8 Å². The number of carbonyl (C=O) groups is 6. The Morgan fingerprint density at radius 1 is 0.573 bits per heavy atom. The predicted molar refractivity (Wildman–Crippen MR) is 289 cm³/mol. The van der Waals surface area contributed by atoms with Gasteiger partial charge in [0.15, 0.2) is 0 Å². The Labute approximate surface area is 467 Å². The van der Waals surface area contributed by atoms with E-state index in [1.807, 2.05) is 13.0 Å². The summed E-state index contributed by atoms with van der Waals surface area (Å²) >= 11 is 0. The maximum Gasteiger partial charge on any atom is 0.519 e. The standard InChI is InChI=1S/C40H50N8O12.C13H8N2O7/c1-2-3-5-10-34(38(51)44-31-13-11-30(12-14-31)26-59-40(53)60-33-17-15-32(16-18-33)48(54)55)46-39(52)35(25-29-8-6-4-7-9-29)45-37(50)28-58-27-36(49)42-19-21-56-23-24-57-22-20-43-47-41;16-13(21-11-5-1-9(2-6-11)14(17)18)22-12-7-3-10(4-8-12)15(19)20/h4,6-9,11-18,34-35H,2-3,5,10,19-28H2,1H3,(H,42,49)(H,44,51)(H,45,50)(H,46,52);1-8H. The number of nitro groups is 3. The highest BCUT2D eigenvalue weighted by Crippen LogP contribution is 2.22. The third-order valence-corrected chi connectivity index (χ3v) is 10.8. The maximum atomic E-state index is 13.7. The minimum atomic E-state index is -1.08. The second kappa shape index (κ2) is 36.2. The number of anilines is 1. The van der Waals surface area contributed by atoms with Crippen LogP contribution < -0.4 is 35.5 Å². The number of nitrogens with one attached hydrogen (secondary N) is 4. The van der Waals surface area contributed by atoms with Crippen LogP contribution in [0.4, 0.5) is 32.3 Å². The van der Waals surface area contributed by atoms with Crippen molar-refractivity contribution < 1.29 is 76.7 Å². The molecule has 29 nitrogen and oxygen atoms in total. The Morgan fingerprint density at radius 3 is 1.62 bits per heavy atom. The van der Waals surface area contributed by atoms with Gasteiger partial charge in [0.05, 0.1) is 41.2 Å². The van der Waals surface area contributed by atoms with Crippen LogP contribution in [0.2, 0.25) is 0 Å². The molecule has 0 aromatic heterocycles. The number of benzene rings is 5. The number of nitrogens with zero attached hydrogens (tertiary/aromatic N) is 6. The van der Waals surface area contributed by atoms with Crippen molar-refractivity contribution in [3.05, 3.63) is 179 Å². The number of carbonyl (C=O) groups excluding carboxylic acids is 6. The zero-order chi connectivity index (χ0) is 59.5. The summed E-state index contributed by atoms with van der Waals surface area (Å²) < 4.78 is 35.6. The molecule has 29 heteroatoms. The molecule has 0 fully saturated rings. The molecule has 0 saturated heterocycles. The van der Waals surface area contributed by atoms with Gasteiger partial charge in [0.2, 0.25) is 23.6 Å². The lowest BCUT2D eigenvalue weighted by atomic mass is 10.0. The van der Waals surface area contributed by atoms with Crippen molar-refractivity contribution in [1.82, 2.24) is 16.0 Å². The van der Waals surface area contributed by atoms with Gasteiger partial charge in [0.1, 0.15) is 49.2 Å². The van der Waals surface area contributed by atoms with Crippen LogP contribution in [0.1, 0.15) is 43.7 Å². The molecule has 0 radical (unpaired) electrons. The summed E-state index contributed by atoms with van der Waals surface area (Å²) in [6, 6.07) is 28.1. The fraction of sp³-hybridized carbons (Fsp3) is 0.321. The summed E-state index contributed by atoms with van der Waals surface area (Å²) in [7, 11) is 0. The lowest BCUT2D eigenvalue weighted by molar-refractivity contribution is -0.385. The Hall–Kier alpha value is -10.1. The highest BCUT2D eigenvalue weighted by molar-refractivity contribution is 5.98. The van der Waals surface area contributed by atoms with E-state index in [1.165, 1.54) is 72.8 Å². The molecule has 0 bridgehead atoms. The monoisotopic (exact) mass is 1140 g/mol. The van der Waals surface area contributed by atoms with E-state index in [0.717, 1.165) is 18.4 Å². The van der Waals surface area contributed by atoms with E-state index >= 15 is 0 Å². The summed E-state index contributed by atoms with van der Waals surface area (Å²) in [6.45, 7) is 2.46. The van der Waals surface area contributed by atoms with Crippen molar-refractivity contribution in [2.45, 2.75) is 57.7 Å². The van der Waals surface area contributed by atoms with Crippen LogP contribution in [0.3, 0.4) is 0 Å². The van der Waals surface area contributed by atoms with Gasteiger partial charge in [-0.05, 0) is 71.6 Å². The number of rotatable bonds is 32. The van der Waals surface area contributed by atoms with E-state index in [0.29, 0.717) is 30.7 Å². The number of azide groups is 1. The van der Waals surface area contributed by atoms with Gasteiger partial charge in [-0.25, -0.2) is 9.59 Å². The number of amides is 4. The van der Waals surface area contributed by atoms with Gasteiger partial charge in [-0.2, -0.15) is 0 Å². The first-order chi connectivity index (χ1) is 39.5. The molecule has 2 unspecified atom stereocenters. The molecule has 4 amide bonds. The molecule has 5 aromatic carbocycles. The average molecular weight is 1140 g/mol. The Bertz CT molecular complexity index is 2870. The van der Waals surface area contributed by atoms with Crippen LogP contribution in [0.15, 0.2) is 133 Å². The normalized spacial score (nSPS) is 11.1. The third kappa shape index (κ3) is 25.6. The second-order valence-corrected chi connectivity index (χ2v) is 16.9. The van der Waals surface area contributed by atoms with Crippen LogP contribution in [0, 0.1) is 30.3 Å². The molecule has 434 valence electrons. The fourth-order valence-corrected chi connectivity index (χ4v) is 6.76. The molecule has 0 aliphatic rings. The molecule has 0 spiro atoms. The highest BCUT2D eigenvalue weighted by Gasteiger charge is 2.27. The van der Waals surface area contributed by atoms with Gasteiger partial charge in [-0.3, -0.25) is 49.5 Å². The topological polar surface area (TPSA) is 393 Å². The largest absolute Gasteiger partial charge is 0.519 e. The van der Waals surface area contributed by atoms with Crippen LogP contribution >= 0.6 is 0 Å². The number of ether oxygens (including phenoxy) is 7. The minimum Gasteiger partial charge on any atom is -0.429 e. The van der Waals surface area contributed by atoms with E-state index in [-0.39, 0.29) is 80.2 Å². The molecule has 0 aliphatic carbocycles. The smallest absolute Gasteiger partial charge is 0.429 e. The van der Waals surface area contributed by atoms with E-state index in [1.54, 1.807) is 48.5 Å². The third-order valence-electron chi connectivity index (χ3n) is 10.8. The number of nitro benzene ring substituents is 3. The van der Waals surface area contributed by atoms with Crippen LogP contribution in [-0.4, -0.2) is 116 Å². The lowest BCUT2D eigenvalue weighted by Gasteiger charge is -2.23. The fourth-order valence-electron chi connectivity index (χ4n) is 6.76. The molecular weight excluding hydrogens is 1080 g/mol. The molecular formula is C53H58N10O19. The van der Waals surface area contributed by atoms with E-state index in [9.17, 15) is 59.1 Å². The van der Waals surface area contributed by atoms with E-state index < -0.39 is 76.0 Å². The molecule has 2 atom stereocenters. The second-order valence-electron chi connectivity index (χ2n) is 16.9. The molecule has 82 heavy (non-hydrogen) atoms. The van der Waals surface area contributed by atoms with E-state index in [2.05, 4.69) is 31.3 Å². The van der Waals surface area contributed by atoms with Crippen molar-refractivity contribution in [2.24, 2.45) is 5.11 Å². The molecule has 5 rings (SSSR count). The van der Waals surface area contributed by atoms with Crippen molar-refractivity contribution in [3.8, 4) is 17.2 Å². The van der Waals surface area contributed by atoms with Gasteiger partial charge in [-0.15, -0.1) is 0 Å². The van der Waals surface area contributed by atoms with Crippen molar-refractivity contribution in [1.29, 1.82) is 0 Å². The number of non-ortho nitro benzene ring substituents is 3. The summed E-state index contributed by atoms with van der Waals surface area (Å²) in [5, 5.41) is 46.0. The number of unbranched alkanes of at least 4 members (excludes halogenated alkanes) is 2. The SMILES string of the molecule is CCCCCC(NC(=O)C(Cc1ccccc1)NC(=O)COCC(=O)NCCOCCOCCN=[N+]=[N-])C(=O)Nc1ccc(COC(=O)Oc2ccc([N+](=O)[O-])cc2)cc1.O=C(Oc1ccc([N+](=O)[O-])cc1)Oc1ccc([N+](=O)[O-])cc1. The first-order valence-corrected chi connectivity index (χ1v) is 25.0. The van der Waals surface area contributed by atoms with Gasteiger partial charge in [0, 0.05) is 66.5 Å². The van der Waals surface area contributed by atoms with Gasteiger partial charge in [0.25, 0.3) is 17.1 Å². The highest BCUT2D eigenvalue weighted by atomic mass is 16.7. The predicted octanol–water partition coefficient (Wildman–Crippen LogP) is 7.60. The van der Waals surface area contributed by atoms with Gasteiger partial charge >= 0.3 is 12.3 Å². The zero-order valence-electron chi connectivity index (χ0n) is 44.1. The summed E-state index contributed by atoms with van der Waals surface area (Å²) in [5.41, 5.74) is 9.54. The molecule has 5 aromatic rings. The first-order valence-electron chi connectivity index (χ1n) is 25.0. The van der Waals surface area contributed by atoms with E-state index in [4.69, 9.17) is 38.7 Å². The molecule has 4 N–H and O–H groups in total. The van der Waals surface area contributed by atoms with Crippen molar-refractivity contribution in [2.75, 3.05) is 58.0 Å². The molecule has 0 heterocycles. The maximum absolute atomic E-state index is 13.7. The number of hydrogen-bond acceptors (Lipinski definition) is 20. The average Bonchev–Trinajstić information content (AvgIpc) is 3.56. The molecule has 0 aliphatic heterocycles. The Morgan fingerprint density at radius 2 is 1.10 bits per heavy atom. The van der Waals surface area contributed by atoms with Crippen LogP contribution in [0.5, 0.6) is 17.2 Å². The lowest BCUT2D eigenvalue weighted by Crippen LogP contribution is -2.54. The van der Waals surface area contributed by atoms with Gasteiger partial charge < -0.3 is 54.4 Å². The summed E-state index contributed by atoms with van der Waals surface area (Å²) in [4.78, 5) is 109. The van der Waals surface area contributed by atoms with Crippen LogP contribution in [-0.2, 0) is 51.2 Å². The van der Waals surface area contributed by atoms with Crippen molar-refractivity contribution in [3.63, 3.8) is 0 Å². The van der Waals surface area contributed by atoms with Crippen molar-refractivity contribution >= 4 is 58.7 Å². The number of hydrogen-bond donors (Lipinski definition) is 4. The summed E-state index contributed by atoms with van der Waals surface area (Å²) in [6.07, 6.45) is 0.712. The zero-order valence-corrected chi connectivity index (χ0v) is 44.1. The Kier molecular flexibility index (Phi) is 28.4. The minimum absolute atomic E-state index is 0.0671. The molecule has 0 saturated carbocycles. The Balaban J connectivity index is 0.000000544. The quantitative estimate of drug-likeness (QED) is 0.00470. The summed E-state index contributed by atoms with van der Waals surface area (Å²) in [5.74, 6) is -1.97. The first kappa shape index (κ1) is 64.4. The van der Waals surface area contributed by atoms with Crippen LogP contribution in [0.25, 0.3) is 10.4 Å².